The van der Waals surface area contributed by atoms with Gasteiger partial charge in [-0.2, -0.15) is 0 Å². The van der Waals surface area contributed by atoms with Crippen molar-refractivity contribution in [1.29, 1.82) is 0 Å². The predicted molar refractivity (Wildman–Crippen MR) is 92.1 cm³/mol. The van der Waals surface area contributed by atoms with Gasteiger partial charge in [-0.3, -0.25) is 14.2 Å². The first-order valence-corrected chi connectivity index (χ1v) is 7.95. The lowest BCUT2D eigenvalue weighted by molar-refractivity contribution is -0.116. The molecule has 7 nitrogen and oxygen atoms in total. The Hall–Kier alpha value is -2.87. The van der Waals surface area contributed by atoms with Crippen molar-refractivity contribution in [1.82, 2.24) is 9.55 Å². The Morgan fingerprint density at radius 1 is 1.29 bits per heavy atom. The zero-order chi connectivity index (χ0) is 17.1. The van der Waals surface area contributed by atoms with Crippen LogP contribution in [0.25, 0.3) is 10.2 Å². The number of amides is 1. The van der Waals surface area contributed by atoms with Crippen molar-refractivity contribution >= 4 is 33.1 Å². The molecule has 2 heterocycles. The van der Waals surface area contributed by atoms with Crippen LogP contribution < -0.4 is 20.3 Å². The number of carbonyl (C=O) groups excluding carboxylic acids is 1. The number of methoxy groups -OCH3 is 2. The highest BCUT2D eigenvalue weighted by Gasteiger charge is 2.12. The van der Waals surface area contributed by atoms with Gasteiger partial charge < -0.3 is 14.8 Å². The first-order valence-electron chi connectivity index (χ1n) is 7.07. The van der Waals surface area contributed by atoms with Crippen molar-refractivity contribution in [3.63, 3.8) is 0 Å². The van der Waals surface area contributed by atoms with E-state index >= 15 is 0 Å². The van der Waals surface area contributed by atoms with Crippen molar-refractivity contribution in [3.8, 4) is 11.5 Å². The molecule has 0 aliphatic rings. The van der Waals surface area contributed by atoms with Crippen molar-refractivity contribution in [2.45, 2.75) is 6.54 Å². The van der Waals surface area contributed by atoms with Crippen LogP contribution in [0.1, 0.15) is 0 Å². The molecule has 0 aliphatic heterocycles. The van der Waals surface area contributed by atoms with E-state index in [9.17, 15) is 9.59 Å². The summed E-state index contributed by atoms with van der Waals surface area (Å²) in [6.07, 6.45) is 1.38. The van der Waals surface area contributed by atoms with Crippen molar-refractivity contribution in [2.24, 2.45) is 0 Å². The minimum atomic E-state index is -0.349. The van der Waals surface area contributed by atoms with Crippen molar-refractivity contribution in [2.75, 3.05) is 19.5 Å². The maximum atomic E-state index is 12.3. The van der Waals surface area contributed by atoms with E-state index in [0.29, 0.717) is 27.4 Å². The molecule has 0 fully saturated rings. The molecule has 0 spiro atoms. The average Bonchev–Trinajstić information content (AvgIpc) is 3.07. The van der Waals surface area contributed by atoms with Crippen LogP contribution in [-0.4, -0.2) is 29.7 Å². The fourth-order valence-electron chi connectivity index (χ4n) is 2.24. The molecule has 0 saturated heterocycles. The highest BCUT2D eigenvalue weighted by molar-refractivity contribution is 7.17. The quantitative estimate of drug-likeness (QED) is 0.766. The van der Waals surface area contributed by atoms with Crippen LogP contribution in [-0.2, 0) is 11.3 Å². The molecule has 0 saturated carbocycles. The Morgan fingerprint density at radius 3 is 2.88 bits per heavy atom. The number of anilines is 1. The van der Waals surface area contributed by atoms with Gasteiger partial charge in [0.05, 0.1) is 31.8 Å². The van der Waals surface area contributed by atoms with Crippen molar-refractivity contribution < 1.29 is 14.3 Å². The van der Waals surface area contributed by atoms with E-state index in [1.54, 1.807) is 36.8 Å². The van der Waals surface area contributed by atoms with Crippen LogP contribution in [0.2, 0.25) is 0 Å². The molecule has 0 atom stereocenters. The summed E-state index contributed by atoms with van der Waals surface area (Å²) in [5, 5.41) is 4.52. The van der Waals surface area contributed by atoms with Gasteiger partial charge in [0, 0.05) is 6.07 Å². The number of rotatable bonds is 5. The van der Waals surface area contributed by atoms with Crippen LogP contribution in [0.3, 0.4) is 0 Å². The average molecular weight is 345 g/mol. The molecular weight excluding hydrogens is 330 g/mol. The first-order chi connectivity index (χ1) is 11.6. The van der Waals surface area contributed by atoms with Gasteiger partial charge in [0.25, 0.3) is 5.56 Å². The van der Waals surface area contributed by atoms with Gasteiger partial charge in [-0.1, -0.05) is 0 Å². The summed E-state index contributed by atoms with van der Waals surface area (Å²) < 4.78 is 12.2. The third-order valence-electron chi connectivity index (χ3n) is 3.43. The van der Waals surface area contributed by atoms with Gasteiger partial charge in [0.1, 0.15) is 22.7 Å². The number of ether oxygens (including phenoxy) is 2. The molecule has 3 rings (SSSR count). The summed E-state index contributed by atoms with van der Waals surface area (Å²) in [6, 6.07) is 6.83. The van der Waals surface area contributed by atoms with E-state index in [1.807, 2.05) is 0 Å². The zero-order valence-corrected chi connectivity index (χ0v) is 13.9. The molecule has 1 aromatic carbocycles. The lowest BCUT2D eigenvalue weighted by Gasteiger charge is -2.12. The maximum absolute atomic E-state index is 12.3. The molecule has 2 aromatic heterocycles. The highest BCUT2D eigenvalue weighted by Crippen LogP contribution is 2.28. The number of thiophene rings is 1. The Morgan fingerprint density at radius 2 is 2.12 bits per heavy atom. The summed E-state index contributed by atoms with van der Waals surface area (Å²) in [5.41, 5.74) is 0.909. The molecule has 3 aromatic rings. The van der Waals surface area contributed by atoms with Crippen LogP contribution in [0.5, 0.6) is 11.5 Å². The molecule has 0 radical (unpaired) electrons. The predicted octanol–water partition coefficient (Wildman–Crippen LogP) is 2.11. The molecule has 1 N–H and O–H groups in total. The summed E-state index contributed by atoms with van der Waals surface area (Å²) in [4.78, 5) is 28.7. The molecular formula is C16H15N3O4S. The monoisotopic (exact) mass is 345 g/mol. The third kappa shape index (κ3) is 3.09. The lowest BCUT2D eigenvalue weighted by Crippen LogP contribution is -2.27. The minimum Gasteiger partial charge on any atom is -0.497 e. The van der Waals surface area contributed by atoms with Gasteiger partial charge in [-0.15, -0.1) is 11.3 Å². The number of nitrogens with zero attached hydrogens (tertiary/aromatic N) is 2. The number of nitrogens with one attached hydrogen (secondary N) is 1. The minimum absolute atomic E-state index is 0.130. The Bertz CT molecular complexity index is 948. The van der Waals surface area contributed by atoms with Gasteiger partial charge >= 0.3 is 0 Å². The van der Waals surface area contributed by atoms with Crippen LogP contribution in [0.15, 0.2) is 40.8 Å². The topological polar surface area (TPSA) is 82.5 Å². The number of benzene rings is 1. The fourth-order valence-corrected chi connectivity index (χ4v) is 3.03. The maximum Gasteiger partial charge on any atom is 0.271 e. The summed E-state index contributed by atoms with van der Waals surface area (Å²) in [6.45, 7) is -0.130. The highest BCUT2D eigenvalue weighted by atomic mass is 32.1. The first kappa shape index (κ1) is 16.0. The fraction of sp³-hybridized carbons (Fsp3) is 0.188. The van der Waals surface area contributed by atoms with Crippen LogP contribution in [0, 0.1) is 0 Å². The largest absolute Gasteiger partial charge is 0.497 e. The van der Waals surface area contributed by atoms with E-state index in [4.69, 9.17) is 9.47 Å². The van der Waals surface area contributed by atoms with E-state index in [0.717, 1.165) is 0 Å². The van der Waals surface area contributed by atoms with Crippen molar-refractivity contribution in [3.05, 3.63) is 46.3 Å². The van der Waals surface area contributed by atoms with E-state index in [-0.39, 0.29) is 18.0 Å². The Labute approximate surface area is 141 Å². The number of aromatic nitrogens is 2. The van der Waals surface area contributed by atoms with Gasteiger partial charge in [-0.25, -0.2) is 4.98 Å². The normalized spacial score (nSPS) is 10.6. The van der Waals surface area contributed by atoms with E-state index in [1.165, 1.54) is 29.3 Å². The van der Waals surface area contributed by atoms with E-state index in [2.05, 4.69) is 10.3 Å². The SMILES string of the molecule is COc1ccc(NC(=O)Cn2cnc3ccsc3c2=O)c(OC)c1. The zero-order valence-electron chi connectivity index (χ0n) is 13.1. The molecule has 0 bridgehead atoms. The number of carbonyl (C=O) groups is 1. The van der Waals surface area contributed by atoms with E-state index < -0.39 is 0 Å². The summed E-state index contributed by atoms with van der Waals surface area (Å²) in [7, 11) is 3.05. The second kappa shape index (κ2) is 6.71. The van der Waals surface area contributed by atoms with Crippen LogP contribution in [0.4, 0.5) is 5.69 Å². The number of hydrogen-bond donors (Lipinski definition) is 1. The van der Waals surface area contributed by atoms with Crippen LogP contribution >= 0.6 is 11.3 Å². The standard InChI is InChI=1S/C16H15N3O4S/c1-22-10-3-4-11(13(7-10)23-2)18-14(20)8-19-9-17-12-5-6-24-15(12)16(19)21/h3-7,9H,8H2,1-2H3,(H,18,20). The van der Waals surface area contributed by atoms with Gasteiger partial charge in [-0.05, 0) is 23.6 Å². The molecule has 24 heavy (non-hydrogen) atoms. The second-order valence-electron chi connectivity index (χ2n) is 4.93. The third-order valence-corrected chi connectivity index (χ3v) is 4.32. The Balaban J connectivity index is 1.80. The molecule has 0 unspecified atom stereocenters. The number of hydrogen-bond acceptors (Lipinski definition) is 6. The summed E-state index contributed by atoms with van der Waals surface area (Å²) >= 11 is 1.31. The lowest BCUT2D eigenvalue weighted by atomic mass is 10.2. The number of fused-ring (bicyclic) bond motifs is 1. The smallest absolute Gasteiger partial charge is 0.271 e. The molecule has 0 aliphatic carbocycles. The molecule has 124 valence electrons. The second-order valence-corrected chi connectivity index (χ2v) is 5.84. The van der Waals surface area contributed by atoms with Gasteiger partial charge in [0.2, 0.25) is 5.91 Å². The van der Waals surface area contributed by atoms with Gasteiger partial charge in [0.15, 0.2) is 0 Å². The molecule has 1 amide bonds. The molecule has 8 heteroatoms. The Kier molecular flexibility index (Phi) is 4.48. The summed E-state index contributed by atoms with van der Waals surface area (Å²) in [5.74, 6) is 0.744.